The summed E-state index contributed by atoms with van der Waals surface area (Å²) < 4.78 is 0.961. The Hall–Kier alpha value is 0.430. The van der Waals surface area contributed by atoms with Crippen molar-refractivity contribution < 1.29 is 4.79 Å². The third-order valence-electron chi connectivity index (χ3n) is 1.17. The van der Waals surface area contributed by atoms with Crippen LogP contribution in [-0.2, 0) is 4.79 Å². The fourth-order valence-electron chi connectivity index (χ4n) is 0.664. The van der Waals surface area contributed by atoms with E-state index < -0.39 is 0 Å². The Labute approximate surface area is 80.0 Å². The quantitative estimate of drug-likeness (QED) is 0.325. The molecular formula is C7H10ClIO. The number of hydrogen-bond donors (Lipinski definition) is 0. The lowest BCUT2D eigenvalue weighted by Gasteiger charge is -2.06. The highest BCUT2D eigenvalue weighted by Gasteiger charge is 2.08. The minimum Gasteiger partial charge on any atom is -0.281 e. The predicted octanol–water partition coefficient (Wildman–Crippen LogP) is 2.77. The maximum atomic E-state index is 10.4. The van der Waals surface area contributed by atoms with Crippen LogP contribution in [0.3, 0.4) is 0 Å². The Morgan fingerprint density at radius 1 is 1.80 bits per heavy atom. The van der Waals surface area contributed by atoms with Crippen LogP contribution < -0.4 is 0 Å². The van der Waals surface area contributed by atoms with Gasteiger partial charge in [-0.05, 0) is 23.9 Å². The summed E-state index contributed by atoms with van der Waals surface area (Å²) in [5, 5.41) is -0.247. The summed E-state index contributed by atoms with van der Waals surface area (Å²) in [6.07, 6.45) is 3.17. The molecule has 0 aromatic heterocycles. The Kier molecular flexibility index (Phi) is 6.43. The van der Waals surface area contributed by atoms with E-state index in [1.807, 2.05) is 6.08 Å². The van der Waals surface area contributed by atoms with Crippen molar-refractivity contribution >= 4 is 39.4 Å². The molecule has 0 aromatic carbocycles. The second-order valence-corrected chi connectivity index (χ2v) is 3.41. The Balaban J connectivity index is 3.59. The largest absolute Gasteiger partial charge is 0.281 e. The van der Waals surface area contributed by atoms with E-state index in [1.165, 1.54) is 0 Å². The van der Waals surface area contributed by atoms with Gasteiger partial charge in [0.05, 0.1) is 0 Å². The van der Waals surface area contributed by atoms with Crippen molar-refractivity contribution in [3.63, 3.8) is 0 Å². The fraction of sp³-hybridized carbons (Fsp3) is 0.571. The predicted molar refractivity (Wildman–Crippen MR) is 52.7 cm³/mol. The molecule has 0 amide bonds. The van der Waals surface area contributed by atoms with Crippen LogP contribution in [0, 0.1) is 5.92 Å². The standard InChI is InChI=1S/C7H10ClIO/c1-2-3-6(5-9)4-7(8)10/h2,6H,1,3-5H2. The van der Waals surface area contributed by atoms with Gasteiger partial charge in [-0.1, -0.05) is 28.7 Å². The molecule has 0 rings (SSSR count). The first-order valence-electron chi connectivity index (χ1n) is 3.06. The van der Waals surface area contributed by atoms with Crippen molar-refractivity contribution in [2.45, 2.75) is 12.8 Å². The van der Waals surface area contributed by atoms with E-state index in [1.54, 1.807) is 0 Å². The Bertz CT molecular complexity index is 125. The molecule has 0 aliphatic rings. The number of carbonyl (C=O) groups is 1. The average Bonchev–Trinajstić information content (AvgIpc) is 1.86. The SMILES string of the molecule is C=CCC(CI)CC(=O)Cl. The highest BCUT2D eigenvalue weighted by Crippen LogP contribution is 2.13. The van der Waals surface area contributed by atoms with Gasteiger partial charge in [-0.25, -0.2) is 0 Å². The summed E-state index contributed by atoms with van der Waals surface area (Å²) in [6, 6.07) is 0. The molecule has 1 atom stereocenters. The number of hydrogen-bond acceptors (Lipinski definition) is 1. The van der Waals surface area contributed by atoms with Crippen LogP contribution in [0.25, 0.3) is 0 Å². The van der Waals surface area contributed by atoms with Gasteiger partial charge in [-0.2, -0.15) is 0 Å². The van der Waals surface area contributed by atoms with E-state index in [2.05, 4.69) is 29.2 Å². The van der Waals surface area contributed by atoms with Crippen LogP contribution in [0.15, 0.2) is 12.7 Å². The van der Waals surface area contributed by atoms with E-state index in [0.717, 1.165) is 10.8 Å². The minimum absolute atomic E-state index is 0.247. The van der Waals surface area contributed by atoms with Crippen molar-refractivity contribution in [1.29, 1.82) is 0 Å². The maximum absolute atomic E-state index is 10.4. The zero-order chi connectivity index (χ0) is 7.98. The van der Waals surface area contributed by atoms with E-state index >= 15 is 0 Å². The van der Waals surface area contributed by atoms with Gasteiger partial charge in [-0.15, -0.1) is 6.58 Å². The van der Waals surface area contributed by atoms with E-state index in [9.17, 15) is 4.79 Å². The van der Waals surface area contributed by atoms with Gasteiger partial charge < -0.3 is 0 Å². The van der Waals surface area contributed by atoms with Crippen LogP contribution >= 0.6 is 34.2 Å². The summed E-state index contributed by atoms with van der Waals surface area (Å²) in [7, 11) is 0. The minimum atomic E-state index is -0.247. The molecule has 0 saturated heterocycles. The highest BCUT2D eigenvalue weighted by molar-refractivity contribution is 14.1. The average molecular weight is 273 g/mol. The van der Waals surface area contributed by atoms with Crippen LogP contribution in [0.5, 0.6) is 0 Å². The summed E-state index contributed by atoms with van der Waals surface area (Å²) in [4.78, 5) is 10.4. The van der Waals surface area contributed by atoms with Gasteiger partial charge in [0.25, 0.3) is 0 Å². The van der Waals surface area contributed by atoms with Crippen LogP contribution in [0.2, 0.25) is 0 Å². The topological polar surface area (TPSA) is 17.1 Å². The molecular weight excluding hydrogens is 262 g/mol. The van der Waals surface area contributed by atoms with Crippen LogP contribution in [-0.4, -0.2) is 9.67 Å². The molecule has 0 aromatic rings. The number of alkyl halides is 1. The normalized spacial score (nSPS) is 12.6. The third kappa shape index (κ3) is 5.23. The third-order valence-corrected chi connectivity index (χ3v) is 2.57. The zero-order valence-electron chi connectivity index (χ0n) is 5.65. The molecule has 10 heavy (non-hydrogen) atoms. The molecule has 58 valence electrons. The second kappa shape index (κ2) is 6.16. The summed E-state index contributed by atoms with van der Waals surface area (Å²) in [5.41, 5.74) is 0. The molecule has 1 unspecified atom stereocenters. The van der Waals surface area contributed by atoms with Crippen molar-refractivity contribution in [3.8, 4) is 0 Å². The van der Waals surface area contributed by atoms with E-state index in [0.29, 0.717) is 12.3 Å². The first-order chi connectivity index (χ1) is 4.70. The lowest BCUT2D eigenvalue weighted by atomic mass is 10.1. The molecule has 0 aliphatic carbocycles. The van der Waals surface area contributed by atoms with Gasteiger partial charge in [-0.3, -0.25) is 4.79 Å². The Morgan fingerprint density at radius 2 is 2.40 bits per heavy atom. The zero-order valence-corrected chi connectivity index (χ0v) is 8.56. The summed E-state index contributed by atoms with van der Waals surface area (Å²) in [5.74, 6) is 0.378. The molecule has 0 bridgehead atoms. The molecule has 0 N–H and O–H groups in total. The van der Waals surface area contributed by atoms with Crippen LogP contribution in [0.4, 0.5) is 0 Å². The molecule has 0 spiro atoms. The number of halogens is 2. The van der Waals surface area contributed by atoms with Gasteiger partial charge in [0.2, 0.25) is 5.24 Å². The van der Waals surface area contributed by atoms with Crippen molar-refractivity contribution in [2.75, 3.05) is 4.43 Å². The molecule has 3 heteroatoms. The van der Waals surface area contributed by atoms with E-state index in [4.69, 9.17) is 11.6 Å². The maximum Gasteiger partial charge on any atom is 0.221 e. The monoisotopic (exact) mass is 272 g/mol. The van der Waals surface area contributed by atoms with E-state index in [-0.39, 0.29) is 5.24 Å². The van der Waals surface area contributed by atoms with Gasteiger partial charge in [0.15, 0.2) is 0 Å². The molecule has 0 saturated carbocycles. The lowest BCUT2D eigenvalue weighted by Crippen LogP contribution is -2.04. The number of rotatable bonds is 5. The lowest BCUT2D eigenvalue weighted by molar-refractivity contribution is -0.112. The molecule has 1 nitrogen and oxygen atoms in total. The highest BCUT2D eigenvalue weighted by atomic mass is 127. The van der Waals surface area contributed by atoms with Gasteiger partial charge in [0.1, 0.15) is 0 Å². The van der Waals surface area contributed by atoms with Crippen molar-refractivity contribution in [2.24, 2.45) is 5.92 Å². The molecule has 0 fully saturated rings. The molecule has 0 heterocycles. The summed E-state index contributed by atoms with van der Waals surface area (Å²) in [6.45, 7) is 3.60. The van der Waals surface area contributed by atoms with Gasteiger partial charge >= 0.3 is 0 Å². The van der Waals surface area contributed by atoms with Crippen molar-refractivity contribution in [1.82, 2.24) is 0 Å². The summed E-state index contributed by atoms with van der Waals surface area (Å²) >= 11 is 7.46. The molecule has 0 aliphatic heterocycles. The number of carbonyl (C=O) groups excluding carboxylic acids is 1. The second-order valence-electron chi connectivity index (χ2n) is 2.10. The first-order valence-corrected chi connectivity index (χ1v) is 4.96. The van der Waals surface area contributed by atoms with Crippen LogP contribution in [0.1, 0.15) is 12.8 Å². The number of allylic oxidation sites excluding steroid dienone is 1. The smallest absolute Gasteiger partial charge is 0.221 e. The molecule has 0 radical (unpaired) electrons. The first kappa shape index (κ1) is 10.4. The Morgan fingerprint density at radius 3 is 2.70 bits per heavy atom. The van der Waals surface area contributed by atoms with Crippen molar-refractivity contribution in [3.05, 3.63) is 12.7 Å². The fourth-order valence-corrected chi connectivity index (χ4v) is 1.55. The van der Waals surface area contributed by atoms with Gasteiger partial charge in [0, 0.05) is 10.8 Å².